The van der Waals surface area contributed by atoms with Crippen molar-refractivity contribution in [1.82, 2.24) is 15.2 Å². The van der Waals surface area contributed by atoms with Gasteiger partial charge in [0.05, 0.1) is 6.20 Å². The van der Waals surface area contributed by atoms with Crippen LogP contribution in [0.5, 0.6) is 0 Å². The molecule has 1 saturated heterocycles. The summed E-state index contributed by atoms with van der Waals surface area (Å²) in [4.78, 5) is 6.84. The van der Waals surface area contributed by atoms with E-state index in [0.29, 0.717) is 0 Å². The molecule has 23 heavy (non-hydrogen) atoms. The number of anilines is 2. The van der Waals surface area contributed by atoms with Gasteiger partial charge in [0.15, 0.2) is 5.82 Å². The van der Waals surface area contributed by atoms with Crippen LogP contribution in [-0.2, 0) is 6.42 Å². The molecule has 0 aliphatic carbocycles. The van der Waals surface area contributed by atoms with E-state index in [4.69, 9.17) is 11.6 Å². The molecule has 1 aliphatic rings. The van der Waals surface area contributed by atoms with Gasteiger partial charge in [-0.1, -0.05) is 36.6 Å². The molecule has 1 N–H and O–H groups in total. The zero-order valence-corrected chi connectivity index (χ0v) is 14.0. The fourth-order valence-electron chi connectivity index (χ4n) is 2.77. The van der Waals surface area contributed by atoms with Crippen LogP contribution in [0, 0.1) is 0 Å². The molecule has 0 amide bonds. The molecule has 1 aromatic heterocycles. The topological polar surface area (TPSA) is 53.9 Å². The number of hydrogen-bond acceptors (Lipinski definition) is 5. The second kappa shape index (κ2) is 8.11. The van der Waals surface area contributed by atoms with E-state index in [-0.39, 0.29) is 0 Å². The van der Waals surface area contributed by atoms with Gasteiger partial charge >= 0.3 is 0 Å². The highest BCUT2D eigenvalue weighted by Crippen LogP contribution is 2.16. The van der Waals surface area contributed by atoms with Crippen molar-refractivity contribution >= 4 is 23.4 Å². The van der Waals surface area contributed by atoms with Crippen molar-refractivity contribution in [3.05, 3.63) is 41.0 Å². The standard InChI is InChI=1S/C17H22ClN5/c18-15-7-5-14(6-8-15)9-10-19-16-13-20-22-17(21-16)23-11-3-1-2-4-12-23/h5-8,13H,1-4,9-12H2,(H,19,21,22). The first kappa shape index (κ1) is 16.0. The summed E-state index contributed by atoms with van der Waals surface area (Å²) in [6.07, 6.45) is 7.60. The predicted octanol–water partition coefficient (Wildman–Crippen LogP) is 3.56. The number of hydrogen-bond donors (Lipinski definition) is 1. The molecule has 0 unspecified atom stereocenters. The minimum Gasteiger partial charge on any atom is -0.368 e. The molecule has 2 heterocycles. The fourth-order valence-corrected chi connectivity index (χ4v) is 2.90. The van der Waals surface area contributed by atoms with Crippen molar-refractivity contribution in [3.63, 3.8) is 0 Å². The average molecular weight is 332 g/mol. The molecule has 0 atom stereocenters. The summed E-state index contributed by atoms with van der Waals surface area (Å²) < 4.78 is 0. The Balaban J connectivity index is 1.55. The lowest BCUT2D eigenvalue weighted by Gasteiger charge is -2.19. The van der Waals surface area contributed by atoms with Gasteiger partial charge in [0, 0.05) is 24.7 Å². The van der Waals surface area contributed by atoms with Crippen LogP contribution >= 0.6 is 11.6 Å². The SMILES string of the molecule is Clc1ccc(CCNc2cnnc(N3CCCCCC3)n2)cc1. The lowest BCUT2D eigenvalue weighted by atomic mass is 10.1. The highest BCUT2D eigenvalue weighted by molar-refractivity contribution is 6.30. The second-order valence-electron chi connectivity index (χ2n) is 5.85. The molecular formula is C17H22ClN5. The molecule has 0 spiro atoms. The molecule has 6 heteroatoms. The van der Waals surface area contributed by atoms with Gasteiger partial charge in [-0.15, -0.1) is 5.10 Å². The summed E-state index contributed by atoms with van der Waals surface area (Å²) >= 11 is 5.90. The summed E-state index contributed by atoms with van der Waals surface area (Å²) in [5.74, 6) is 1.52. The fraction of sp³-hybridized carbons (Fsp3) is 0.471. The highest BCUT2D eigenvalue weighted by atomic mass is 35.5. The minimum absolute atomic E-state index is 0.739. The van der Waals surface area contributed by atoms with Gasteiger partial charge in [0.25, 0.3) is 0 Å². The third kappa shape index (κ3) is 4.79. The summed E-state index contributed by atoms with van der Waals surface area (Å²) in [6, 6.07) is 7.93. The zero-order valence-electron chi connectivity index (χ0n) is 13.2. The van der Waals surface area contributed by atoms with Crippen molar-refractivity contribution < 1.29 is 0 Å². The maximum atomic E-state index is 5.90. The van der Waals surface area contributed by atoms with Gasteiger partial charge < -0.3 is 10.2 Å². The van der Waals surface area contributed by atoms with E-state index in [2.05, 4.69) is 25.4 Å². The Labute approximate surface area is 142 Å². The van der Waals surface area contributed by atoms with Crippen LogP contribution in [0.4, 0.5) is 11.8 Å². The van der Waals surface area contributed by atoms with Crippen LogP contribution < -0.4 is 10.2 Å². The maximum Gasteiger partial charge on any atom is 0.247 e. The van der Waals surface area contributed by atoms with Crippen LogP contribution in [0.2, 0.25) is 5.02 Å². The first-order chi connectivity index (χ1) is 11.3. The van der Waals surface area contributed by atoms with Gasteiger partial charge in [-0.05, 0) is 37.0 Å². The van der Waals surface area contributed by atoms with Crippen molar-refractivity contribution in [1.29, 1.82) is 0 Å². The van der Waals surface area contributed by atoms with E-state index >= 15 is 0 Å². The predicted molar refractivity (Wildman–Crippen MR) is 94.2 cm³/mol. The van der Waals surface area contributed by atoms with Gasteiger partial charge in [-0.25, -0.2) is 0 Å². The Kier molecular flexibility index (Phi) is 5.64. The van der Waals surface area contributed by atoms with Crippen LogP contribution in [0.1, 0.15) is 31.2 Å². The van der Waals surface area contributed by atoms with Crippen molar-refractivity contribution in [2.45, 2.75) is 32.1 Å². The number of nitrogens with one attached hydrogen (secondary N) is 1. The van der Waals surface area contributed by atoms with E-state index in [9.17, 15) is 0 Å². The number of rotatable bonds is 5. The van der Waals surface area contributed by atoms with Crippen molar-refractivity contribution in [3.8, 4) is 0 Å². The summed E-state index contributed by atoms with van der Waals surface area (Å²) in [5, 5.41) is 12.4. The largest absolute Gasteiger partial charge is 0.368 e. The molecule has 122 valence electrons. The summed E-state index contributed by atoms with van der Waals surface area (Å²) in [7, 11) is 0. The Bertz CT molecular complexity index is 609. The first-order valence-electron chi connectivity index (χ1n) is 8.24. The summed E-state index contributed by atoms with van der Waals surface area (Å²) in [6.45, 7) is 2.85. The van der Waals surface area contributed by atoms with Crippen molar-refractivity contribution in [2.75, 3.05) is 29.9 Å². The van der Waals surface area contributed by atoms with Crippen LogP contribution in [0.25, 0.3) is 0 Å². The second-order valence-corrected chi connectivity index (χ2v) is 6.28. The molecule has 3 rings (SSSR count). The van der Waals surface area contributed by atoms with E-state index in [1.807, 2.05) is 24.3 Å². The smallest absolute Gasteiger partial charge is 0.247 e. The molecule has 0 bridgehead atoms. The molecule has 0 saturated carbocycles. The van der Waals surface area contributed by atoms with Gasteiger partial charge in [0.2, 0.25) is 5.95 Å². The normalized spacial score (nSPS) is 15.3. The Morgan fingerprint density at radius 3 is 2.52 bits per heavy atom. The van der Waals surface area contributed by atoms with E-state index in [1.165, 1.54) is 31.2 Å². The van der Waals surface area contributed by atoms with Crippen molar-refractivity contribution in [2.24, 2.45) is 0 Å². The minimum atomic E-state index is 0.739. The Morgan fingerprint density at radius 1 is 1.04 bits per heavy atom. The van der Waals surface area contributed by atoms with Crippen LogP contribution in [0.3, 0.4) is 0 Å². The van der Waals surface area contributed by atoms with Crippen LogP contribution in [0.15, 0.2) is 30.5 Å². The Hall–Kier alpha value is -1.88. The maximum absolute atomic E-state index is 5.90. The summed E-state index contributed by atoms with van der Waals surface area (Å²) in [5.41, 5.74) is 1.25. The number of benzene rings is 1. The molecule has 1 fully saturated rings. The quantitative estimate of drug-likeness (QED) is 0.907. The Morgan fingerprint density at radius 2 is 1.78 bits per heavy atom. The number of halogens is 1. The molecule has 5 nitrogen and oxygen atoms in total. The molecular weight excluding hydrogens is 310 g/mol. The van der Waals surface area contributed by atoms with Gasteiger partial charge in [-0.2, -0.15) is 10.1 Å². The first-order valence-corrected chi connectivity index (χ1v) is 8.62. The monoisotopic (exact) mass is 331 g/mol. The molecule has 0 radical (unpaired) electrons. The van der Waals surface area contributed by atoms with Gasteiger partial charge in [-0.3, -0.25) is 0 Å². The molecule has 2 aromatic rings. The highest BCUT2D eigenvalue weighted by Gasteiger charge is 2.13. The zero-order chi connectivity index (χ0) is 15.9. The van der Waals surface area contributed by atoms with E-state index in [1.54, 1.807) is 6.20 Å². The third-order valence-corrected chi connectivity index (χ3v) is 4.32. The number of aromatic nitrogens is 3. The van der Waals surface area contributed by atoms with Crippen LogP contribution in [-0.4, -0.2) is 34.8 Å². The van der Waals surface area contributed by atoms with E-state index < -0.39 is 0 Å². The molecule has 1 aromatic carbocycles. The number of nitrogens with zero attached hydrogens (tertiary/aromatic N) is 4. The molecule has 1 aliphatic heterocycles. The lowest BCUT2D eigenvalue weighted by molar-refractivity contribution is 0.726. The lowest BCUT2D eigenvalue weighted by Crippen LogP contribution is -2.26. The van der Waals surface area contributed by atoms with E-state index in [0.717, 1.165) is 42.8 Å². The average Bonchev–Trinajstić information content (AvgIpc) is 2.86. The van der Waals surface area contributed by atoms with Gasteiger partial charge in [0.1, 0.15) is 0 Å². The third-order valence-electron chi connectivity index (χ3n) is 4.07.